The van der Waals surface area contributed by atoms with Gasteiger partial charge in [0, 0.05) is 49.9 Å². The Morgan fingerprint density at radius 1 is 1.18 bits per heavy atom. The summed E-state index contributed by atoms with van der Waals surface area (Å²) in [7, 11) is 5.07. The van der Waals surface area contributed by atoms with Gasteiger partial charge in [0.2, 0.25) is 0 Å². The molecular formula is C32H43F3N4O5. The molecular weight excluding hydrogens is 577 g/mol. The van der Waals surface area contributed by atoms with E-state index < -0.39 is 59.2 Å². The summed E-state index contributed by atoms with van der Waals surface area (Å²) in [5, 5.41) is 14.1. The number of aromatic nitrogens is 1. The Morgan fingerprint density at radius 3 is 2.34 bits per heavy atom. The SMILES string of the molecule is COc1ccc(C2(C(F)(F)F)CC2)cc1CN[C@H]1[C@H](C(C)(C)C)[C@@H](C(=O)O)N(C(=O)OC(C)C)[C@H]1c1cccnc1N(C)C. The summed E-state index contributed by atoms with van der Waals surface area (Å²) >= 11 is 0. The predicted molar refractivity (Wildman–Crippen MR) is 160 cm³/mol. The molecule has 1 saturated carbocycles. The predicted octanol–water partition coefficient (Wildman–Crippen LogP) is 5.93. The Bertz CT molecular complexity index is 1370. The molecule has 4 rings (SSSR count). The van der Waals surface area contributed by atoms with Crippen molar-refractivity contribution in [1.82, 2.24) is 15.2 Å². The van der Waals surface area contributed by atoms with E-state index in [2.05, 4.69) is 10.3 Å². The van der Waals surface area contributed by atoms with Gasteiger partial charge in [0.25, 0.3) is 0 Å². The van der Waals surface area contributed by atoms with E-state index in [0.717, 1.165) is 0 Å². The van der Waals surface area contributed by atoms with Crippen LogP contribution < -0.4 is 15.0 Å². The number of benzene rings is 1. The van der Waals surface area contributed by atoms with E-state index in [9.17, 15) is 27.9 Å². The lowest BCUT2D eigenvalue weighted by molar-refractivity contribution is -0.160. The third-order valence-electron chi connectivity index (χ3n) is 8.68. The van der Waals surface area contributed by atoms with E-state index in [1.165, 1.54) is 24.1 Å². The minimum absolute atomic E-state index is 0.0219. The summed E-state index contributed by atoms with van der Waals surface area (Å²) in [4.78, 5) is 34.3. The third-order valence-corrected chi connectivity index (χ3v) is 8.68. The number of carboxylic acid groups (broad SMARTS) is 1. The summed E-state index contributed by atoms with van der Waals surface area (Å²) in [6.07, 6.45) is -4.00. The van der Waals surface area contributed by atoms with Gasteiger partial charge in [-0.15, -0.1) is 0 Å². The second-order valence-corrected chi connectivity index (χ2v) is 13.3. The topological polar surface area (TPSA) is 104 Å². The van der Waals surface area contributed by atoms with Crippen molar-refractivity contribution < 1.29 is 37.3 Å². The third kappa shape index (κ3) is 6.18. The number of anilines is 1. The number of likely N-dealkylation sites (tertiary alicyclic amines) is 1. The number of alkyl halides is 3. The van der Waals surface area contributed by atoms with Crippen LogP contribution in [0.15, 0.2) is 36.5 Å². The monoisotopic (exact) mass is 620 g/mol. The number of nitrogens with zero attached hydrogens (tertiary/aromatic N) is 3. The van der Waals surface area contributed by atoms with Crippen LogP contribution in [0.2, 0.25) is 0 Å². The van der Waals surface area contributed by atoms with Crippen molar-refractivity contribution in [1.29, 1.82) is 0 Å². The average Bonchev–Trinajstić information content (AvgIpc) is 3.67. The number of carbonyl (C=O) groups is 2. The standard InChI is InChI=1S/C32H43F3N4O5/c1-18(2)44-29(42)39-25(21-10-9-15-36-27(21)38(6)7)24(23(30(3,4)5)26(39)28(40)41)37-17-19-16-20(11-12-22(19)43-8)31(13-14-31)32(33,34)35/h9-12,15-16,18,23-26,37H,13-14,17H2,1-8H3,(H,40,41)/t23-,24-,25-,26-/m0/s1. The molecule has 242 valence electrons. The van der Waals surface area contributed by atoms with Crippen LogP contribution in [0.5, 0.6) is 5.75 Å². The van der Waals surface area contributed by atoms with Crippen LogP contribution in [0.1, 0.15) is 70.2 Å². The van der Waals surface area contributed by atoms with Gasteiger partial charge in [-0.3, -0.25) is 4.90 Å². The highest BCUT2D eigenvalue weighted by molar-refractivity contribution is 5.82. The quantitative estimate of drug-likeness (QED) is 0.356. The van der Waals surface area contributed by atoms with Gasteiger partial charge in [0.05, 0.1) is 24.7 Å². The molecule has 2 aliphatic rings. The summed E-state index contributed by atoms with van der Waals surface area (Å²) in [6.45, 7) is 9.18. The molecule has 9 nitrogen and oxygen atoms in total. The lowest BCUT2D eigenvalue weighted by Gasteiger charge is -2.35. The minimum atomic E-state index is -4.38. The molecule has 2 heterocycles. The van der Waals surface area contributed by atoms with Crippen LogP contribution >= 0.6 is 0 Å². The van der Waals surface area contributed by atoms with E-state index in [4.69, 9.17) is 9.47 Å². The van der Waals surface area contributed by atoms with Gasteiger partial charge < -0.3 is 24.8 Å². The van der Waals surface area contributed by atoms with Crippen molar-refractivity contribution in [2.24, 2.45) is 11.3 Å². The molecule has 1 amide bonds. The highest BCUT2D eigenvalue weighted by Gasteiger charge is 2.64. The maximum atomic E-state index is 14.0. The molecule has 1 aliphatic heterocycles. The summed E-state index contributed by atoms with van der Waals surface area (Å²) in [6, 6.07) is 5.30. The minimum Gasteiger partial charge on any atom is -0.496 e. The van der Waals surface area contributed by atoms with Gasteiger partial charge in [-0.25, -0.2) is 14.6 Å². The number of carbonyl (C=O) groups excluding carboxylic acids is 1. The molecule has 0 bridgehead atoms. The van der Waals surface area contributed by atoms with Crippen LogP contribution in [0.4, 0.5) is 23.8 Å². The molecule has 1 saturated heterocycles. The van der Waals surface area contributed by atoms with Gasteiger partial charge in [-0.1, -0.05) is 32.9 Å². The summed E-state index contributed by atoms with van der Waals surface area (Å²) < 4.78 is 53.2. The fourth-order valence-electron chi connectivity index (χ4n) is 6.59. The second kappa shape index (κ2) is 12.1. The number of hydrogen-bond donors (Lipinski definition) is 2. The van der Waals surface area contributed by atoms with Crippen LogP contribution in [0, 0.1) is 11.3 Å². The first-order valence-corrected chi connectivity index (χ1v) is 14.8. The second-order valence-electron chi connectivity index (χ2n) is 13.3. The van der Waals surface area contributed by atoms with E-state index in [1.807, 2.05) is 26.8 Å². The number of halogens is 3. The number of pyridine rings is 1. The molecule has 4 atom stereocenters. The lowest BCUT2D eigenvalue weighted by atomic mass is 9.72. The molecule has 1 aliphatic carbocycles. The zero-order valence-electron chi connectivity index (χ0n) is 26.5. The van der Waals surface area contributed by atoms with E-state index in [0.29, 0.717) is 22.7 Å². The number of rotatable bonds is 9. The fourth-order valence-corrected chi connectivity index (χ4v) is 6.59. The van der Waals surface area contributed by atoms with E-state index in [1.54, 1.807) is 51.2 Å². The largest absolute Gasteiger partial charge is 0.496 e. The lowest BCUT2D eigenvalue weighted by Crippen LogP contribution is -2.48. The first kappa shape index (κ1) is 33.4. The Hall–Kier alpha value is -3.54. The molecule has 2 fully saturated rings. The van der Waals surface area contributed by atoms with Crippen molar-refractivity contribution in [3.05, 3.63) is 53.2 Å². The van der Waals surface area contributed by atoms with Gasteiger partial charge in [-0.2, -0.15) is 13.2 Å². The number of carboxylic acids is 1. The molecule has 44 heavy (non-hydrogen) atoms. The van der Waals surface area contributed by atoms with Crippen molar-refractivity contribution in [2.45, 2.75) is 89.8 Å². The maximum absolute atomic E-state index is 14.0. The van der Waals surface area contributed by atoms with Gasteiger partial charge in [-0.05, 0) is 55.9 Å². The molecule has 1 aromatic heterocycles. The van der Waals surface area contributed by atoms with Crippen LogP contribution in [0.25, 0.3) is 0 Å². The Labute approximate surface area is 256 Å². The summed E-state index contributed by atoms with van der Waals surface area (Å²) in [5.41, 5.74) is -1.22. The average molecular weight is 621 g/mol. The number of amides is 1. The van der Waals surface area contributed by atoms with Crippen molar-refractivity contribution >= 4 is 17.9 Å². The first-order chi connectivity index (χ1) is 20.4. The Kier molecular flexibility index (Phi) is 9.17. The molecule has 1 aromatic carbocycles. The Balaban J connectivity index is 1.86. The van der Waals surface area contributed by atoms with Crippen LogP contribution in [-0.2, 0) is 21.5 Å². The highest BCUT2D eigenvalue weighted by atomic mass is 19.4. The number of methoxy groups -OCH3 is 1. The zero-order valence-corrected chi connectivity index (χ0v) is 26.5. The number of hydrogen-bond acceptors (Lipinski definition) is 7. The van der Waals surface area contributed by atoms with Gasteiger partial charge >= 0.3 is 18.2 Å². The molecule has 0 unspecified atom stereocenters. The molecule has 2 N–H and O–H groups in total. The molecule has 0 spiro atoms. The number of ether oxygens (including phenoxy) is 2. The maximum Gasteiger partial charge on any atom is 0.411 e. The van der Waals surface area contributed by atoms with Crippen molar-refractivity contribution in [2.75, 3.05) is 26.1 Å². The number of nitrogens with one attached hydrogen (secondary N) is 1. The fraction of sp³-hybridized carbons (Fsp3) is 0.594. The van der Waals surface area contributed by atoms with Crippen molar-refractivity contribution in [3.63, 3.8) is 0 Å². The molecule has 0 radical (unpaired) electrons. The van der Waals surface area contributed by atoms with E-state index in [-0.39, 0.29) is 24.9 Å². The van der Waals surface area contributed by atoms with Gasteiger partial charge in [0.1, 0.15) is 17.6 Å². The van der Waals surface area contributed by atoms with Crippen LogP contribution in [-0.4, -0.2) is 72.6 Å². The summed E-state index contributed by atoms with van der Waals surface area (Å²) in [5.74, 6) is -0.872. The van der Waals surface area contributed by atoms with E-state index >= 15 is 0 Å². The molecule has 2 aromatic rings. The normalized spacial score (nSPS) is 23.0. The highest BCUT2D eigenvalue weighted by Crippen LogP contribution is 2.59. The molecule has 12 heteroatoms. The first-order valence-electron chi connectivity index (χ1n) is 14.8. The number of aliphatic carboxylic acids is 1. The smallest absolute Gasteiger partial charge is 0.411 e. The van der Waals surface area contributed by atoms with Crippen molar-refractivity contribution in [3.8, 4) is 5.75 Å². The Morgan fingerprint density at radius 2 is 1.84 bits per heavy atom. The van der Waals surface area contributed by atoms with Crippen LogP contribution in [0.3, 0.4) is 0 Å². The van der Waals surface area contributed by atoms with Gasteiger partial charge in [0.15, 0.2) is 0 Å². The zero-order chi connectivity index (χ0) is 32.8.